The van der Waals surface area contributed by atoms with Crippen LogP contribution in [0.2, 0.25) is 0 Å². The zero-order valence-electron chi connectivity index (χ0n) is 17.9. The fourth-order valence-corrected chi connectivity index (χ4v) is 3.20. The van der Waals surface area contributed by atoms with Crippen molar-refractivity contribution in [1.82, 2.24) is 9.97 Å². The first-order chi connectivity index (χ1) is 15.5. The SMILES string of the molecule is NCCc1c[nH]c2ccccc12.NCCc1c[nH]c2ccccc12.O=C(O)CCC(=O)O. The van der Waals surface area contributed by atoms with Crippen LogP contribution < -0.4 is 11.5 Å². The average molecular weight is 439 g/mol. The molecule has 0 saturated carbocycles. The van der Waals surface area contributed by atoms with Crippen LogP contribution in [0.15, 0.2) is 60.9 Å². The summed E-state index contributed by atoms with van der Waals surface area (Å²) < 4.78 is 0. The largest absolute Gasteiger partial charge is 0.481 e. The van der Waals surface area contributed by atoms with E-state index in [0.717, 1.165) is 12.8 Å². The van der Waals surface area contributed by atoms with Gasteiger partial charge in [-0.05, 0) is 49.2 Å². The van der Waals surface area contributed by atoms with E-state index < -0.39 is 11.9 Å². The summed E-state index contributed by atoms with van der Waals surface area (Å²) in [5.41, 5.74) is 16.0. The molecule has 2 heterocycles. The molecule has 0 aliphatic carbocycles. The van der Waals surface area contributed by atoms with Gasteiger partial charge in [0.1, 0.15) is 0 Å². The molecule has 2 aromatic carbocycles. The maximum Gasteiger partial charge on any atom is 0.303 e. The van der Waals surface area contributed by atoms with E-state index in [1.165, 1.54) is 32.9 Å². The lowest BCUT2D eigenvalue weighted by Crippen LogP contribution is -2.01. The summed E-state index contributed by atoms with van der Waals surface area (Å²) in [6, 6.07) is 16.6. The molecule has 0 atom stereocenters. The van der Waals surface area contributed by atoms with Crippen LogP contribution in [0.1, 0.15) is 24.0 Å². The minimum atomic E-state index is -1.08. The summed E-state index contributed by atoms with van der Waals surface area (Å²) in [6.07, 6.45) is 5.38. The van der Waals surface area contributed by atoms with Crippen LogP contribution in [-0.2, 0) is 22.4 Å². The number of carbonyl (C=O) groups is 2. The summed E-state index contributed by atoms with van der Waals surface area (Å²) in [4.78, 5) is 25.7. The first kappa shape index (κ1) is 24.6. The topological polar surface area (TPSA) is 158 Å². The summed E-state index contributed by atoms with van der Waals surface area (Å²) in [5, 5.41) is 18.4. The van der Waals surface area contributed by atoms with Gasteiger partial charge in [-0.1, -0.05) is 36.4 Å². The van der Waals surface area contributed by atoms with E-state index in [2.05, 4.69) is 46.4 Å². The lowest BCUT2D eigenvalue weighted by molar-refractivity contribution is -0.143. The van der Waals surface area contributed by atoms with Gasteiger partial charge >= 0.3 is 11.9 Å². The monoisotopic (exact) mass is 438 g/mol. The van der Waals surface area contributed by atoms with E-state index in [1.807, 2.05) is 24.5 Å². The number of hydrogen-bond acceptors (Lipinski definition) is 4. The quantitative estimate of drug-likeness (QED) is 0.260. The van der Waals surface area contributed by atoms with Crippen molar-refractivity contribution < 1.29 is 19.8 Å². The highest BCUT2D eigenvalue weighted by molar-refractivity contribution is 5.83. The molecule has 4 rings (SSSR count). The maximum atomic E-state index is 9.64. The molecule has 8 nitrogen and oxygen atoms in total. The number of benzene rings is 2. The van der Waals surface area contributed by atoms with Gasteiger partial charge in [-0.3, -0.25) is 9.59 Å². The zero-order chi connectivity index (χ0) is 23.3. The summed E-state index contributed by atoms with van der Waals surface area (Å²) in [7, 11) is 0. The van der Waals surface area contributed by atoms with Crippen LogP contribution in [0.5, 0.6) is 0 Å². The molecular formula is C24H30N4O4. The van der Waals surface area contributed by atoms with Gasteiger partial charge in [0, 0.05) is 34.2 Å². The van der Waals surface area contributed by atoms with Crippen LogP contribution in [0, 0.1) is 0 Å². The molecule has 0 unspecified atom stereocenters. The molecule has 0 fully saturated rings. The highest BCUT2D eigenvalue weighted by Gasteiger charge is 2.01. The molecule has 0 aliphatic rings. The van der Waals surface area contributed by atoms with Crippen molar-refractivity contribution >= 4 is 33.7 Å². The number of aromatic amines is 2. The number of carboxylic acid groups (broad SMARTS) is 2. The summed E-state index contributed by atoms with van der Waals surface area (Å²) >= 11 is 0. The number of fused-ring (bicyclic) bond motifs is 2. The molecule has 0 bridgehead atoms. The Bertz CT molecular complexity index is 1040. The van der Waals surface area contributed by atoms with Gasteiger partial charge in [0.15, 0.2) is 0 Å². The van der Waals surface area contributed by atoms with Crippen molar-refractivity contribution in [2.45, 2.75) is 25.7 Å². The van der Waals surface area contributed by atoms with Crippen molar-refractivity contribution in [3.8, 4) is 0 Å². The van der Waals surface area contributed by atoms with Crippen molar-refractivity contribution in [3.63, 3.8) is 0 Å². The van der Waals surface area contributed by atoms with Crippen molar-refractivity contribution in [1.29, 1.82) is 0 Å². The number of aliphatic carboxylic acids is 2. The fraction of sp³-hybridized carbons (Fsp3) is 0.250. The van der Waals surface area contributed by atoms with E-state index in [4.69, 9.17) is 21.7 Å². The van der Waals surface area contributed by atoms with Gasteiger partial charge in [-0.2, -0.15) is 0 Å². The predicted octanol–water partition coefficient (Wildman–Crippen LogP) is 3.27. The van der Waals surface area contributed by atoms with Gasteiger partial charge in [-0.15, -0.1) is 0 Å². The van der Waals surface area contributed by atoms with Gasteiger partial charge in [0.25, 0.3) is 0 Å². The maximum absolute atomic E-state index is 9.64. The minimum absolute atomic E-state index is 0.296. The normalized spacial score (nSPS) is 10.2. The lowest BCUT2D eigenvalue weighted by atomic mass is 10.1. The molecule has 8 N–H and O–H groups in total. The first-order valence-electron chi connectivity index (χ1n) is 10.4. The Morgan fingerprint density at radius 2 is 1.06 bits per heavy atom. The van der Waals surface area contributed by atoms with Crippen LogP contribution >= 0.6 is 0 Å². The van der Waals surface area contributed by atoms with Crippen molar-refractivity contribution in [3.05, 3.63) is 72.1 Å². The predicted molar refractivity (Wildman–Crippen MR) is 127 cm³/mol. The molecular weight excluding hydrogens is 408 g/mol. The Kier molecular flexibility index (Phi) is 9.96. The van der Waals surface area contributed by atoms with Gasteiger partial charge in [0.2, 0.25) is 0 Å². The Hall–Kier alpha value is -3.62. The van der Waals surface area contributed by atoms with Gasteiger partial charge in [0.05, 0.1) is 12.8 Å². The van der Waals surface area contributed by atoms with E-state index >= 15 is 0 Å². The highest BCUT2D eigenvalue weighted by atomic mass is 16.4. The average Bonchev–Trinajstić information content (AvgIpc) is 3.39. The smallest absolute Gasteiger partial charge is 0.303 e. The number of para-hydroxylation sites is 2. The second-order valence-electron chi connectivity index (χ2n) is 7.08. The van der Waals surface area contributed by atoms with Crippen LogP contribution in [-0.4, -0.2) is 45.2 Å². The zero-order valence-corrected chi connectivity index (χ0v) is 17.9. The Morgan fingerprint density at radius 3 is 1.41 bits per heavy atom. The molecule has 4 aromatic rings. The van der Waals surface area contributed by atoms with E-state index in [1.54, 1.807) is 0 Å². The number of aromatic nitrogens is 2. The second-order valence-corrected chi connectivity index (χ2v) is 7.08. The lowest BCUT2D eigenvalue weighted by Gasteiger charge is -1.93. The molecule has 0 spiro atoms. The third kappa shape index (κ3) is 7.57. The Morgan fingerprint density at radius 1 is 0.688 bits per heavy atom. The molecule has 2 aromatic heterocycles. The number of carboxylic acids is 2. The molecule has 32 heavy (non-hydrogen) atoms. The molecule has 0 radical (unpaired) electrons. The third-order valence-corrected chi connectivity index (χ3v) is 4.73. The fourth-order valence-electron chi connectivity index (χ4n) is 3.20. The first-order valence-corrected chi connectivity index (χ1v) is 10.4. The van der Waals surface area contributed by atoms with Crippen LogP contribution in [0.4, 0.5) is 0 Å². The Labute approximate surface area is 186 Å². The molecule has 0 saturated heterocycles. The summed E-state index contributed by atoms with van der Waals surface area (Å²) in [6.45, 7) is 1.42. The van der Waals surface area contributed by atoms with E-state index in [-0.39, 0.29) is 12.8 Å². The van der Waals surface area contributed by atoms with Crippen molar-refractivity contribution in [2.75, 3.05) is 13.1 Å². The second kappa shape index (κ2) is 12.9. The van der Waals surface area contributed by atoms with Gasteiger partial charge < -0.3 is 31.6 Å². The van der Waals surface area contributed by atoms with E-state index in [0.29, 0.717) is 13.1 Å². The molecule has 170 valence electrons. The van der Waals surface area contributed by atoms with Crippen molar-refractivity contribution in [2.24, 2.45) is 11.5 Å². The number of hydrogen-bond donors (Lipinski definition) is 6. The Balaban J connectivity index is 0.000000175. The van der Waals surface area contributed by atoms with Gasteiger partial charge in [-0.25, -0.2) is 0 Å². The molecule has 0 aliphatic heterocycles. The molecule has 8 heteroatoms. The third-order valence-electron chi connectivity index (χ3n) is 4.73. The number of nitrogens with one attached hydrogen (secondary N) is 2. The van der Waals surface area contributed by atoms with Crippen LogP contribution in [0.25, 0.3) is 21.8 Å². The highest BCUT2D eigenvalue weighted by Crippen LogP contribution is 2.18. The molecule has 0 amide bonds. The standard InChI is InChI=1S/2C10H12N2.C4H6O4/c2*11-6-5-8-7-12-10-4-2-1-3-9(8)10;5-3(6)1-2-4(7)8/h2*1-4,7,12H,5-6,11H2;1-2H2,(H,5,6)(H,7,8). The number of rotatable bonds is 7. The number of H-pyrrole nitrogens is 2. The number of nitrogens with two attached hydrogens (primary N) is 2. The van der Waals surface area contributed by atoms with E-state index in [9.17, 15) is 9.59 Å². The minimum Gasteiger partial charge on any atom is -0.481 e. The summed E-state index contributed by atoms with van der Waals surface area (Å²) in [5.74, 6) is -2.15. The van der Waals surface area contributed by atoms with Crippen LogP contribution in [0.3, 0.4) is 0 Å².